The van der Waals surface area contributed by atoms with Crippen LogP contribution in [0.1, 0.15) is 12.5 Å². The highest BCUT2D eigenvalue weighted by molar-refractivity contribution is 6.31. The first-order valence-corrected chi connectivity index (χ1v) is 4.40. The lowest BCUT2D eigenvalue weighted by atomic mass is 10.0. The van der Waals surface area contributed by atoms with Crippen molar-refractivity contribution in [3.63, 3.8) is 0 Å². The Kier molecular flexibility index (Phi) is 1.71. The van der Waals surface area contributed by atoms with Gasteiger partial charge in [0.25, 0.3) is 0 Å². The summed E-state index contributed by atoms with van der Waals surface area (Å²) in [6, 6.07) is 7.61. The number of hydrogen-bond donors (Lipinski definition) is 0. The zero-order valence-electron chi connectivity index (χ0n) is 7.17. The minimum atomic E-state index is -0.743. The predicted molar refractivity (Wildman–Crippen MR) is 49.8 cm³/mol. The Morgan fingerprint density at radius 3 is 3.00 bits per heavy atom. The predicted octanol–water partition coefficient (Wildman–Crippen LogP) is 2.56. The summed E-state index contributed by atoms with van der Waals surface area (Å²) < 4.78 is 5.48. The van der Waals surface area contributed by atoms with Crippen LogP contribution in [0.5, 0.6) is 5.75 Å². The third-order valence-electron chi connectivity index (χ3n) is 2.16. The van der Waals surface area contributed by atoms with Gasteiger partial charge in [-0.2, -0.15) is 5.26 Å². The van der Waals surface area contributed by atoms with Crippen molar-refractivity contribution >= 4 is 11.6 Å². The Morgan fingerprint density at radius 1 is 1.62 bits per heavy atom. The lowest BCUT2D eigenvalue weighted by Crippen LogP contribution is -2.27. The van der Waals surface area contributed by atoms with E-state index in [1.165, 1.54) is 0 Å². The van der Waals surface area contributed by atoms with Crippen LogP contribution >= 0.6 is 11.6 Å². The van der Waals surface area contributed by atoms with Gasteiger partial charge in [-0.25, -0.2) is 0 Å². The van der Waals surface area contributed by atoms with Crippen molar-refractivity contribution < 1.29 is 4.74 Å². The van der Waals surface area contributed by atoms with E-state index < -0.39 is 5.60 Å². The molecule has 1 aliphatic heterocycles. The van der Waals surface area contributed by atoms with E-state index in [9.17, 15) is 0 Å². The van der Waals surface area contributed by atoms with E-state index in [0.29, 0.717) is 11.4 Å². The quantitative estimate of drug-likeness (QED) is 0.635. The van der Waals surface area contributed by atoms with Crippen molar-refractivity contribution in [2.24, 2.45) is 0 Å². The van der Waals surface area contributed by atoms with Gasteiger partial charge in [-0.1, -0.05) is 17.7 Å². The van der Waals surface area contributed by atoms with Crippen molar-refractivity contribution in [1.29, 1.82) is 5.26 Å². The largest absolute Gasteiger partial charge is 0.472 e. The molecule has 1 unspecified atom stereocenters. The van der Waals surface area contributed by atoms with Gasteiger partial charge in [0, 0.05) is 17.0 Å². The van der Waals surface area contributed by atoms with E-state index in [1.54, 1.807) is 6.92 Å². The standard InChI is InChI=1S/C10H8ClNO/c1-10(6-12)5-7-8(11)3-2-4-9(7)13-10/h2-4H,5H2,1H3. The second-order valence-electron chi connectivity index (χ2n) is 3.34. The molecule has 3 heteroatoms. The van der Waals surface area contributed by atoms with Crippen molar-refractivity contribution in [3.05, 3.63) is 28.8 Å². The molecule has 13 heavy (non-hydrogen) atoms. The molecule has 0 N–H and O–H groups in total. The van der Waals surface area contributed by atoms with Crippen LogP contribution in [0.25, 0.3) is 0 Å². The van der Waals surface area contributed by atoms with Crippen LogP contribution in [0.4, 0.5) is 0 Å². The van der Waals surface area contributed by atoms with Crippen LogP contribution in [0, 0.1) is 11.3 Å². The molecular formula is C10H8ClNO. The van der Waals surface area contributed by atoms with Crippen molar-refractivity contribution in [1.82, 2.24) is 0 Å². The molecule has 66 valence electrons. The second kappa shape index (κ2) is 2.65. The SMILES string of the molecule is CC1(C#N)Cc2c(Cl)cccc2O1. The highest BCUT2D eigenvalue weighted by Crippen LogP contribution is 2.38. The molecular weight excluding hydrogens is 186 g/mol. The molecule has 1 aliphatic rings. The molecule has 1 heterocycles. The van der Waals surface area contributed by atoms with Gasteiger partial charge in [0.2, 0.25) is 0 Å². The Balaban J connectivity index is 2.48. The topological polar surface area (TPSA) is 33.0 Å². The fourth-order valence-corrected chi connectivity index (χ4v) is 1.72. The Morgan fingerprint density at radius 2 is 2.38 bits per heavy atom. The zero-order chi connectivity index (χ0) is 9.47. The van der Waals surface area contributed by atoms with Gasteiger partial charge in [-0.15, -0.1) is 0 Å². The number of benzene rings is 1. The van der Waals surface area contributed by atoms with Gasteiger partial charge < -0.3 is 4.74 Å². The number of fused-ring (bicyclic) bond motifs is 1. The molecule has 0 saturated heterocycles. The minimum absolute atomic E-state index is 0.568. The van der Waals surface area contributed by atoms with E-state index in [4.69, 9.17) is 21.6 Å². The third kappa shape index (κ3) is 1.26. The first-order valence-electron chi connectivity index (χ1n) is 4.02. The van der Waals surface area contributed by atoms with Gasteiger partial charge in [-0.05, 0) is 19.1 Å². The lowest BCUT2D eigenvalue weighted by Gasteiger charge is -2.12. The number of hydrogen-bond acceptors (Lipinski definition) is 2. The molecule has 0 aromatic heterocycles. The normalized spacial score (nSPS) is 24.7. The zero-order valence-corrected chi connectivity index (χ0v) is 7.93. The summed E-state index contributed by atoms with van der Waals surface area (Å²) >= 11 is 5.96. The Labute approximate surface area is 81.7 Å². The third-order valence-corrected chi connectivity index (χ3v) is 2.52. The molecule has 1 aromatic carbocycles. The van der Waals surface area contributed by atoms with E-state index in [2.05, 4.69) is 6.07 Å². The van der Waals surface area contributed by atoms with Crippen LogP contribution in [0.3, 0.4) is 0 Å². The van der Waals surface area contributed by atoms with Crippen molar-refractivity contribution in [3.8, 4) is 11.8 Å². The van der Waals surface area contributed by atoms with E-state index in [1.807, 2.05) is 18.2 Å². The summed E-state index contributed by atoms with van der Waals surface area (Å²) in [7, 11) is 0. The molecule has 0 radical (unpaired) electrons. The summed E-state index contributed by atoms with van der Waals surface area (Å²) in [5.74, 6) is 0.733. The van der Waals surface area contributed by atoms with Crippen LogP contribution in [0.2, 0.25) is 5.02 Å². The van der Waals surface area contributed by atoms with E-state index in [-0.39, 0.29) is 0 Å². The van der Waals surface area contributed by atoms with Crippen LogP contribution in [-0.4, -0.2) is 5.60 Å². The molecule has 1 atom stereocenters. The highest BCUT2D eigenvalue weighted by Gasteiger charge is 2.35. The lowest BCUT2D eigenvalue weighted by molar-refractivity contribution is 0.179. The smallest absolute Gasteiger partial charge is 0.195 e. The van der Waals surface area contributed by atoms with Gasteiger partial charge in [0.05, 0.1) is 0 Å². The van der Waals surface area contributed by atoms with Crippen LogP contribution in [0.15, 0.2) is 18.2 Å². The van der Waals surface area contributed by atoms with Gasteiger partial charge in [0.15, 0.2) is 5.60 Å². The minimum Gasteiger partial charge on any atom is -0.472 e. The summed E-state index contributed by atoms with van der Waals surface area (Å²) in [6.45, 7) is 1.77. The number of nitriles is 1. The number of rotatable bonds is 0. The molecule has 0 amide bonds. The van der Waals surface area contributed by atoms with Gasteiger partial charge >= 0.3 is 0 Å². The molecule has 2 rings (SSSR count). The summed E-state index contributed by atoms with van der Waals surface area (Å²) in [6.07, 6.45) is 0.568. The first kappa shape index (κ1) is 8.40. The Bertz CT molecular complexity index is 396. The fraction of sp³-hybridized carbons (Fsp3) is 0.300. The summed E-state index contributed by atoms with van der Waals surface area (Å²) in [4.78, 5) is 0. The molecule has 0 aliphatic carbocycles. The molecule has 0 spiro atoms. The van der Waals surface area contributed by atoms with Crippen LogP contribution < -0.4 is 4.74 Å². The summed E-state index contributed by atoms with van der Waals surface area (Å²) in [5, 5.41) is 9.55. The highest BCUT2D eigenvalue weighted by atomic mass is 35.5. The summed E-state index contributed by atoms with van der Waals surface area (Å²) in [5.41, 5.74) is 0.195. The van der Waals surface area contributed by atoms with E-state index >= 15 is 0 Å². The maximum absolute atomic E-state index is 8.87. The Hall–Kier alpha value is -1.20. The number of halogens is 1. The van der Waals surface area contributed by atoms with Gasteiger partial charge in [0.1, 0.15) is 11.8 Å². The van der Waals surface area contributed by atoms with Crippen LogP contribution in [-0.2, 0) is 6.42 Å². The van der Waals surface area contributed by atoms with E-state index in [0.717, 1.165) is 11.3 Å². The number of nitrogens with zero attached hydrogens (tertiary/aromatic N) is 1. The molecule has 2 nitrogen and oxygen atoms in total. The fourth-order valence-electron chi connectivity index (χ4n) is 1.48. The van der Waals surface area contributed by atoms with Crippen molar-refractivity contribution in [2.45, 2.75) is 18.9 Å². The molecule has 0 bridgehead atoms. The van der Waals surface area contributed by atoms with Crippen molar-refractivity contribution in [2.75, 3.05) is 0 Å². The average molecular weight is 194 g/mol. The molecule has 0 fully saturated rings. The monoisotopic (exact) mass is 193 g/mol. The first-order chi connectivity index (χ1) is 6.14. The second-order valence-corrected chi connectivity index (χ2v) is 3.75. The average Bonchev–Trinajstić information content (AvgIpc) is 2.45. The maximum atomic E-state index is 8.87. The molecule has 1 aromatic rings. The molecule has 0 saturated carbocycles. The maximum Gasteiger partial charge on any atom is 0.195 e. The number of ether oxygens (including phenoxy) is 1. The van der Waals surface area contributed by atoms with Gasteiger partial charge in [-0.3, -0.25) is 0 Å².